The van der Waals surface area contributed by atoms with Gasteiger partial charge in [0.2, 0.25) is 0 Å². The fourth-order valence-electron chi connectivity index (χ4n) is 2.13. The summed E-state index contributed by atoms with van der Waals surface area (Å²) >= 11 is 6.02. The highest BCUT2D eigenvalue weighted by Gasteiger charge is 2.13. The molecule has 0 amide bonds. The molecule has 2 nitrogen and oxygen atoms in total. The maximum Gasteiger partial charge on any atom is 0.142 e. The van der Waals surface area contributed by atoms with Crippen LogP contribution in [0.1, 0.15) is 24.9 Å². The van der Waals surface area contributed by atoms with Crippen molar-refractivity contribution in [3.63, 3.8) is 0 Å². The van der Waals surface area contributed by atoms with Crippen molar-refractivity contribution in [1.82, 2.24) is 0 Å². The van der Waals surface area contributed by atoms with Gasteiger partial charge >= 0.3 is 0 Å². The molecule has 1 unspecified atom stereocenters. The van der Waals surface area contributed by atoms with Crippen LogP contribution < -0.4 is 10.1 Å². The van der Waals surface area contributed by atoms with E-state index in [1.165, 1.54) is 12.1 Å². The molecule has 0 saturated carbocycles. The van der Waals surface area contributed by atoms with Gasteiger partial charge < -0.3 is 10.1 Å². The zero-order valence-corrected chi connectivity index (χ0v) is 12.2. The number of halogens is 2. The molecular formula is C16H17ClFNO. The van der Waals surface area contributed by atoms with Gasteiger partial charge in [0.05, 0.1) is 18.8 Å². The van der Waals surface area contributed by atoms with E-state index in [9.17, 15) is 4.39 Å². The zero-order chi connectivity index (χ0) is 14.5. The minimum absolute atomic E-state index is 0.00179. The smallest absolute Gasteiger partial charge is 0.142 e. The second-order valence-electron chi connectivity index (χ2n) is 4.50. The molecular weight excluding hydrogens is 277 g/mol. The molecule has 2 aromatic rings. The van der Waals surface area contributed by atoms with Gasteiger partial charge in [-0.1, -0.05) is 30.7 Å². The van der Waals surface area contributed by atoms with Crippen molar-refractivity contribution < 1.29 is 9.13 Å². The summed E-state index contributed by atoms with van der Waals surface area (Å²) in [5.41, 5.74) is 1.70. The van der Waals surface area contributed by atoms with Gasteiger partial charge in [-0.15, -0.1) is 0 Å². The minimum atomic E-state index is -0.235. The van der Waals surface area contributed by atoms with Crippen LogP contribution in [-0.2, 0) is 0 Å². The summed E-state index contributed by atoms with van der Waals surface area (Å²) in [5.74, 6) is 0.477. The molecule has 0 fully saturated rings. The number of ether oxygens (including phenoxy) is 1. The Morgan fingerprint density at radius 3 is 2.70 bits per heavy atom. The van der Waals surface area contributed by atoms with Crippen LogP contribution in [0.2, 0.25) is 5.02 Å². The standard InChI is InChI=1S/C16H17ClFNO/c1-3-14(11-5-4-6-13(18)9-11)19-15-10-12(17)7-8-16(15)20-2/h4-10,14,19H,3H2,1-2H3. The van der Waals surface area contributed by atoms with E-state index < -0.39 is 0 Å². The van der Waals surface area contributed by atoms with Crippen LogP contribution in [0.25, 0.3) is 0 Å². The molecule has 0 heterocycles. The molecule has 0 saturated heterocycles. The number of rotatable bonds is 5. The average molecular weight is 294 g/mol. The molecule has 2 aromatic carbocycles. The second kappa shape index (κ2) is 6.62. The summed E-state index contributed by atoms with van der Waals surface area (Å²) in [6.45, 7) is 2.04. The van der Waals surface area contributed by atoms with Gasteiger partial charge in [-0.2, -0.15) is 0 Å². The van der Waals surface area contributed by atoms with Crippen molar-refractivity contribution in [1.29, 1.82) is 0 Å². The van der Waals surface area contributed by atoms with E-state index in [1.807, 2.05) is 25.1 Å². The monoisotopic (exact) mass is 293 g/mol. The zero-order valence-electron chi connectivity index (χ0n) is 11.5. The topological polar surface area (TPSA) is 21.3 Å². The highest BCUT2D eigenvalue weighted by molar-refractivity contribution is 6.30. The maximum absolute atomic E-state index is 13.3. The molecule has 1 atom stereocenters. The van der Waals surface area contributed by atoms with E-state index in [0.29, 0.717) is 10.8 Å². The quantitative estimate of drug-likeness (QED) is 0.833. The number of hydrogen-bond donors (Lipinski definition) is 1. The Morgan fingerprint density at radius 2 is 2.05 bits per heavy atom. The summed E-state index contributed by atoms with van der Waals surface area (Å²) in [6, 6.07) is 12.0. The van der Waals surface area contributed by atoms with Gasteiger partial charge in [0.1, 0.15) is 11.6 Å². The first kappa shape index (κ1) is 14.7. The lowest BCUT2D eigenvalue weighted by molar-refractivity contribution is 0.416. The summed E-state index contributed by atoms with van der Waals surface area (Å²) in [6.07, 6.45) is 0.819. The van der Waals surface area contributed by atoms with E-state index in [2.05, 4.69) is 5.32 Å². The Morgan fingerprint density at radius 1 is 1.25 bits per heavy atom. The van der Waals surface area contributed by atoms with E-state index >= 15 is 0 Å². The largest absolute Gasteiger partial charge is 0.495 e. The Bertz CT molecular complexity index is 588. The lowest BCUT2D eigenvalue weighted by atomic mass is 10.0. The predicted molar refractivity (Wildman–Crippen MR) is 81.1 cm³/mol. The Labute approximate surface area is 123 Å². The minimum Gasteiger partial charge on any atom is -0.495 e. The highest BCUT2D eigenvalue weighted by atomic mass is 35.5. The van der Waals surface area contributed by atoms with Crippen LogP contribution in [0.5, 0.6) is 5.75 Å². The third-order valence-electron chi connectivity index (χ3n) is 3.15. The lowest BCUT2D eigenvalue weighted by Crippen LogP contribution is -2.10. The van der Waals surface area contributed by atoms with E-state index in [1.54, 1.807) is 19.2 Å². The van der Waals surface area contributed by atoms with Gasteiger partial charge in [0, 0.05) is 5.02 Å². The third kappa shape index (κ3) is 3.42. The molecule has 4 heteroatoms. The Balaban J connectivity index is 2.28. The Kier molecular flexibility index (Phi) is 4.85. The fraction of sp³-hybridized carbons (Fsp3) is 0.250. The summed E-state index contributed by atoms with van der Waals surface area (Å²) in [4.78, 5) is 0. The third-order valence-corrected chi connectivity index (χ3v) is 3.39. The summed E-state index contributed by atoms with van der Waals surface area (Å²) in [7, 11) is 1.61. The fourth-order valence-corrected chi connectivity index (χ4v) is 2.30. The van der Waals surface area contributed by atoms with Gasteiger partial charge in [0.25, 0.3) is 0 Å². The SMILES string of the molecule is CCC(Nc1cc(Cl)ccc1OC)c1cccc(F)c1. The molecule has 1 N–H and O–H groups in total. The summed E-state index contributed by atoms with van der Waals surface area (Å²) < 4.78 is 18.6. The van der Waals surface area contributed by atoms with Crippen molar-refractivity contribution in [2.75, 3.05) is 12.4 Å². The first-order valence-corrected chi connectivity index (χ1v) is 6.87. The second-order valence-corrected chi connectivity index (χ2v) is 4.94. The number of hydrogen-bond acceptors (Lipinski definition) is 2. The molecule has 0 aliphatic carbocycles. The van der Waals surface area contributed by atoms with Gasteiger partial charge in [-0.25, -0.2) is 4.39 Å². The number of nitrogens with one attached hydrogen (secondary N) is 1. The van der Waals surface area contributed by atoms with E-state index in [0.717, 1.165) is 17.7 Å². The maximum atomic E-state index is 13.3. The van der Waals surface area contributed by atoms with Crippen LogP contribution in [0.4, 0.5) is 10.1 Å². The lowest BCUT2D eigenvalue weighted by Gasteiger charge is -2.20. The number of benzene rings is 2. The molecule has 0 spiro atoms. The van der Waals surface area contributed by atoms with Crippen LogP contribution >= 0.6 is 11.6 Å². The number of methoxy groups -OCH3 is 1. The predicted octanol–water partition coefficient (Wildman–Crippen LogP) is 5.05. The summed E-state index contributed by atoms with van der Waals surface area (Å²) in [5, 5.41) is 3.98. The van der Waals surface area contributed by atoms with E-state index in [4.69, 9.17) is 16.3 Å². The van der Waals surface area contributed by atoms with Crippen molar-refractivity contribution in [3.05, 3.63) is 58.9 Å². The normalized spacial score (nSPS) is 12.0. The first-order chi connectivity index (χ1) is 9.63. The van der Waals surface area contributed by atoms with Crippen molar-refractivity contribution in [2.45, 2.75) is 19.4 Å². The molecule has 0 aliphatic rings. The molecule has 106 valence electrons. The average Bonchev–Trinajstić information content (AvgIpc) is 2.45. The van der Waals surface area contributed by atoms with Crippen molar-refractivity contribution in [2.24, 2.45) is 0 Å². The molecule has 0 aromatic heterocycles. The molecule has 0 bridgehead atoms. The van der Waals surface area contributed by atoms with Gasteiger partial charge in [-0.05, 0) is 42.3 Å². The molecule has 0 radical (unpaired) electrons. The van der Waals surface area contributed by atoms with Crippen LogP contribution in [0, 0.1) is 5.82 Å². The van der Waals surface area contributed by atoms with Crippen molar-refractivity contribution >= 4 is 17.3 Å². The van der Waals surface area contributed by atoms with E-state index in [-0.39, 0.29) is 11.9 Å². The Hall–Kier alpha value is -1.74. The molecule has 0 aliphatic heterocycles. The first-order valence-electron chi connectivity index (χ1n) is 6.49. The molecule has 20 heavy (non-hydrogen) atoms. The van der Waals surface area contributed by atoms with Crippen LogP contribution in [0.3, 0.4) is 0 Å². The number of anilines is 1. The van der Waals surface area contributed by atoms with Crippen LogP contribution in [-0.4, -0.2) is 7.11 Å². The van der Waals surface area contributed by atoms with Crippen molar-refractivity contribution in [3.8, 4) is 5.75 Å². The highest BCUT2D eigenvalue weighted by Crippen LogP contribution is 2.32. The van der Waals surface area contributed by atoms with Gasteiger partial charge in [-0.3, -0.25) is 0 Å². The molecule has 2 rings (SSSR count). The van der Waals surface area contributed by atoms with Crippen LogP contribution in [0.15, 0.2) is 42.5 Å². The van der Waals surface area contributed by atoms with Gasteiger partial charge in [0.15, 0.2) is 0 Å².